The molecule has 0 aliphatic heterocycles. The van der Waals surface area contributed by atoms with Crippen LogP contribution in [0.15, 0.2) is 41.6 Å². The highest BCUT2D eigenvalue weighted by Gasteiger charge is 2.17. The van der Waals surface area contributed by atoms with Crippen molar-refractivity contribution < 1.29 is 9.59 Å². The quantitative estimate of drug-likeness (QED) is 0.575. The number of hydrogen-bond donors (Lipinski definition) is 3. The van der Waals surface area contributed by atoms with Crippen LogP contribution in [0.5, 0.6) is 0 Å². The largest absolute Gasteiger partial charge is 0.366 e. The van der Waals surface area contributed by atoms with Crippen molar-refractivity contribution in [3.8, 4) is 10.4 Å². The van der Waals surface area contributed by atoms with Crippen LogP contribution >= 0.6 is 23.1 Å². The molecule has 0 spiro atoms. The summed E-state index contributed by atoms with van der Waals surface area (Å²) in [6, 6.07) is 11.3. The number of nitrogens with zero attached hydrogens (tertiary/aromatic N) is 2. The van der Waals surface area contributed by atoms with Gasteiger partial charge >= 0.3 is 0 Å². The van der Waals surface area contributed by atoms with Crippen LogP contribution < -0.4 is 11.1 Å². The molecule has 3 rings (SSSR count). The molecule has 9 heteroatoms. The van der Waals surface area contributed by atoms with E-state index < -0.39 is 5.91 Å². The second kappa shape index (κ2) is 7.49. The third kappa shape index (κ3) is 4.25. The average Bonchev–Trinajstić information content (AvgIpc) is 3.20. The molecule has 1 aromatic carbocycles. The first-order valence-corrected chi connectivity index (χ1v) is 9.14. The Kier molecular flexibility index (Phi) is 5.15. The van der Waals surface area contributed by atoms with Crippen LogP contribution in [0.3, 0.4) is 0 Å². The summed E-state index contributed by atoms with van der Waals surface area (Å²) in [5.74, 6) is -0.0132. The van der Waals surface area contributed by atoms with Gasteiger partial charge in [-0.15, -0.1) is 16.4 Å². The molecule has 0 saturated heterocycles. The lowest BCUT2D eigenvalue weighted by molar-refractivity contribution is -0.113. The molecular weight excluding hydrogens is 358 g/mol. The fourth-order valence-corrected chi connectivity index (χ4v) is 3.82. The number of anilines is 1. The molecule has 0 saturated carbocycles. The van der Waals surface area contributed by atoms with E-state index in [1.165, 1.54) is 23.1 Å². The van der Waals surface area contributed by atoms with E-state index >= 15 is 0 Å². The zero-order valence-corrected chi connectivity index (χ0v) is 14.9. The normalized spacial score (nSPS) is 10.6. The third-order valence-corrected chi connectivity index (χ3v) is 5.16. The molecule has 2 aromatic heterocycles. The number of carbonyl (C=O) groups is 2. The van der Waals surface area contributed by atoms with Crippen LogP contribution in [0.2, 0.25) is 0 Å². The molecule has 0 atom stereocenters. The maximum Gasteiger partial charge on any atom is 0.251 e. The molecule has 2 amide bonds. The van der Waals surface area contributed by atoms with Crippen LogP contribution in [0, 0.1) is 6.92 Å². The molecular formula is C16H15N5O2S2. The molecule has 2 heterocycles. The van der Waals surface area contributed by atoms with Gasteiger partial charge in [-0.1, -0.05) is 42.1 Å². The number of carbonyl (C=O) groups excluding carboxylic acids is 2. The minimum atomic E-state index is -0.578. The zero-order chi connectivity index (χ0) is 17.8. The number of nitrogens with two attached hydrogens (primary N) is 1. The molecule has 25 heavy (non-hydrogen) atoms. The van der Waals surface area contributed by atoms with E-state index in [0.717, 1.165) is 10.4 Å². The second-order valence-corrected chi connectivity index (χ2v) is 7.12. The van der Waals surface area contributed by atoms with Crippen LogP contribution in [0.1, 0.15) is 16.2 Å². The number of H-pyrrole nitrogens is 1. The number of benzene rings is 1. The number of rotatable bonds is 6. The number of amides is 2. The van der Waals surface area contributed by atoms with E-state index in [1.807, 2.05) is 30.3 Å². The molecule has 0 aliphatic rings. The summed E-state index contributed by atoms with van der Waals surface area (Å²) in [5.41, 5.74) is 6.70. The van der Waals surface area contributed by atoms with Gasteiger partial charge < -0.3 is 11.1 Å². The summed E-state index contributed by atoms with van der Waals surface area (Å²) in [7, 11) is 0. The Balaban J connectivity index is 1.73. The van der Waals surface area contributed by atoms with Crippen molar-refractivity contribution in [1.82, 2.24) is 15.2 Å². The highest BCUT2D eigenvalue weighted by atomic mass is 32.2. The minimum Gasteiger partial charge on any atom is -0.366 e. The molecule has 0 bridgehead atoms. The first kappa shape index (κ1) is 17.2. The zero-order valence-electron chi connectivity index (χ0n) is 13.3. The highest BCUT2D eigenvalue weighted by Crippen LogP contribution is 2.35. The summed E-state index contributed by atoms with van der Waals surface area (Å²) >= 11 is 2.52. The van der Waals surface area contributed by atoms with Gasteiger partial charge in [-0.25, -0.2) is 4.98 Å². The number of hydrogen-bond acceptors (Lipinski definition) is 6. The summed E-state index contributed by atoms with van der Waals surface area (Å²) in [6.45, 7) is 1.78. The Labute approximate surface area is 152 Å². The van der Waals surface area contributed by atoms with Crippen molar-refractivity contribution in [2.75, 3.05) is 11.1 Å². The van der Waals surface area contributed by atoms with Crippen LogP contribution in [-0.4, -0.2) is 32.7 Å². The van der Waals surface area contributed by atoms with Crippen LogP contribution in [0.25, 0.3) is 10.4 Å². The van der Waals surface area contributed by atoms with Crippen LogP contribution in [0.4, 0.5) is 5.00 Å². The lowest BCUT2D eigenvalue weighted by Gasteiger charge is -2.03. The summed E-state index contributed by atoms with van der Waals surface area (Å²) < 4.78 is 0. The number of thiophene rings is 1. The van der Waals surface area contributed by atoms with Gasteiger partial charge in [-0.3, -0.25) is 14.7 Å². The van der Waals surface area contributed by atoms with Crippen molar-refractivity contribution in [2.24, 2.45) is 5.73 Å². The molecule has 0 aliphatic carbocycles. The Bertz CT molecular complexity index is 904. The standard InChI is InChI=1S/C16H15N5O2S2/c1-9-18-16(21-20-9)24-8-13(22)19-15-11(14(17)23)7-12(25-15)10-5-3-2-4-6-10/h2-7H,8H2,1H3,(H2,17,23)(H,19,22)(H,18,20,21). The van der Waals surface area contributed by atoms with Crippen molar-refractivity contribution >= 4 is 39.9 Å². The second-order valence-electron chi connectivity index (χ2n) is 5.12. The molecule has 0 radical (unpaired) electrons. The Hall–Kier alpha value is -2.65. The van der Waals surface area contributed by atoms with E-state index in [-0.39, 0.29) is 11.7 Å². The molecule has 0 fully saturated rings. The van der Waals surface area contributed by atoms with Crippen LogP contribution in [-0.2, 0) is 4.79 Å². The van der Waals surface area contributed by atoms with E-state index in [9.17, 15) is 9.59 Å². The number of aryl methyl sites for hydroxylation is 1. The minimum absolute atomic E-state index is 0.133. The van der Waals surface area contributed by atoms with E-state index in [0.29, 0.717) is 21.5 Å². The van der Waals surface area contributed by atoms with Crippen molar-refractivity contribution in [3.63, 3.8) is 0 Å². The number of aromatic nitrogens is 3. The molecule has 3 aromatic rings. The first-order valence-electron chi connectivity index (χ1n) is 7.33. The SMILES string of the molecule is Cc1nc(SCC(=O)Nc2sc(-c3ccccc3)cc2C(N)=O)n[nH]1. The number of primary amides is 1. The van der Waals surface area contributed by atoms with Gasteiger partial charge in [0.2, 0.25) is 11.1 Å². The average molecular weight is 373 g/mol. The topological polar surface area (TPSA) is 114 Å². The van der Waals surface area contributed by atoms with Gasteiger partial charge in [0.1, 0.15) is 10.8 Å². The highest BCUT2D eigenvalue weighted by molar-refractivity contribution is 7.99. The third-order valence-electron chi connectivity index (χ3n) is 3.22. The van der Waals surface area contributed by atoms with Gasteiger partial charge in [-0.05, 0) is 18.6 Å². The lowest BCUT2D eigenvalue weighted by Crippen LogP contribution is -2.17. The maximum absolute atomic E-state index is 12.2. The Morgan fingerprint density at radius 3 is 2.72 bits per heavy atom. The van der Waals surface area contributed by atoms with E-state index in [2.05, 4.69) is 20.5 Å². The smallest absolute Gasteiger partial charge is 0.251 e. The van der Waals surface area contributed by atoms with E-state index in [1.54, 1.807) is 13.0 Å². The monoisotopic (exact) mass is 373 g/mol. The van der Waals surface area contributed by atoms with Crippen molar-refractivity contribution in [2.45, 2.75) is 12.1 Å². The van der Waals surface area contributed by atoms with Gasteiger partial charge in [-0.2, -0.15) is 0 Å². The first-order chi connectivity index (χ1) is 12.0. The predicted molar refractivity (Wildman–Crippen MR) is 98.7 cm³/mol. The molecule has 4 N–H and O–H groups in total. The van der Waals surface area contributed by atoms with Crippen molar-refractivity contribution in [1.29, 1.82) is 0 Å². The molecule has 7 nitrogen and oxygen atoms in total. The summed E-state index contributed by atoms with van der Waals surface area (Å²) in [4.78, 5) is 28.8. The summed E-state index contributed by atoms with van der Waals surface area (Å²) in [6.07, 6.45) is 0. The van der Waals surface area contributed by atoms with Crippen molar-refractivity contribution in [3.05, 3.63) is 47.8 Å². The van der Waals surface area contributed by atoms with Gasteiger partial charge in [0, 0.05) is 4.88 Å². The fourth-order valence-electron chi connectivity index (χ4n) is 2.09. The predicted octanol–water partition coefficient (Wildman–Crippen LogP) is 2.67. The summed E-state index contributed by atoms with van der Waals surface area (Å²) in [5, 5.41) is 10.4. The number of thioether (sulfide) groups is 1. The number of aromatic amines is 1. The number of nitrogens with one attached hydrogen (secondary N) is 2. The Morgan fingerprint density at radius 2 is 2.08 bits per heavy atom. The Morgan fingerprint density at radius 1 is 1.32 bits per heavy atom. The maximum atomic E-state index is 12.2. The molecule has 0 unspecified atom stereocenters. The van der Waals surface area contributed by atoms with Gasteiger partial charge in [0.25, 0.3) is 5.91 Å². The van der Waals surface area contributed by atoms with E-state index in [4.69, 9.17) is 5.73 Å². The van der Waals surface area contributed by atoms with Gasteiger partial charge in [0.15, 0.2) is 0 Å². The fraction of sp³-hybridized carbons (Fsp3) is 0.125. The van der Waals surface area contributed by atoms with Gasteiger partial charge in [0.05, 0.1) is 11.3 Å². The lowest BCUT2D eigenvalue weighted by atomic mass is 10.1. The molecule has 128 valence electrons.